The van der Waals surface area contributed by atoms with E-state index in [-0.39, 0.29) is 5.56 Å². The summed E-state index contributed by atoms with van der Waals surface area (Å²) in [5, 5.41) is 3.63. The average molecular weight is 301 g/mol. The Morgan fingerprint density at radius 2 is 1.91 bits per heavy atom. The van der Waals surface area contributed by atoms with Crippen LogP contribution in [0.25, 0.3) is 5.69 Å². The maximum absolute atomic E-state index is 12.3. The van der Waals surface area contributed by atoms with Crippen LogP contribution in [0.4, 0.5) is 0 Å². The van der Waals surface area contributed by atoms with Gasteiger partial charge in [0.05, 0.1) is 17.6 Å². The van der Waals surface area contributed by atoms with E-state index >= 15 is 0 Å². The molecule has 0 aliphatic rings. The van der Waals surface area contributed by atoms with E-state index in [1.807, 2.05) is 23.6 Å². The number of nitrogens with two attached hydrogens (primary N) is 1. The second-order valence-corrected chi connectivity index (χ2v) is 4.55. The first-order valence-electron chi connectivity index (χ1n) is 6.40. The first-order chi connectivity index (χ1) is 10.4. The van der Waals surface area contributed by atoms with Crippen molar-refractivity contribution < 1.29 is 9.59 Å². The monoisotopic (exact) mass is 301 g/mol. The molecule has 1 aromatic heterocycles. The van der Waals surface area contributed by atoms with E-state index in [2.05, 4.69) is 5.10 Å². The van der Waals surface area contributed by atoms with E-state index in [0.29, 0.717) is 16.9 Å². The molecule has 114 valence electrons. The molecule has 8 nitrogen and oxygen atoms in total. The van der Waals surface area contributed by atoms with Crippen molar-refractivity contribution in [3.63, 3.8) is 0 Å². The fourth-order valence-corrected chi connectivity index (χ4v) is 2.00. The molecule has 2 rings (SSSR count). The van der Waals surface area contributed by atoms with Gasteiger partial charge in [0.2, 0.25) is 0 Å². The Morgan fingerprint density at radius 3 is 2.50 bits per heavy atom. The Kier molecular flexibility index (Phi) is 4.21. The number of carbonyl (C=O) groups excluding carboxylic acids is 2. The molecule has 8 heteroatoms. The second-order valence-electron chi connectivity index (χ2n) is 4.55. The zero-order valence-electron chi connectivity index (χ0n) is 12.1. The highest BCUT2D eigenvalue weighted by molar-refractivity contribution is 6.34. The summed E-state index contributed by atoms with van der Waals surface area (Å²) >= 11 is 0. The third kappa shape index (κ3) is 2.80. The van der Waals surface area contributed by atoms with Gasteiger partial charge in [-0.3, -0.25) is 19.1 Å². The quantitative estimate of drug-likeness (QED) is 0.449. The molecule has 0 radical (unpaired) electrons. The van der Waals surface area contributed by atoms with Gasteiger partial charge in [0.1, 0.15) is 0 Å². The Hall–Kier alpha value is -3.16. The molecule has 22 heavy (non-hydrogen) atoms. The molecule has 0 saturated heterocycles. The normalized spacial score (nSPS) is 10.8. The van der Waals surface area contributed by atoms with Gasteiger partial charge in [-0.25, -0.2) is 10.1 Å². The van der Waals surface area contributed by atoms with Gasteiger partial charge in [-0.1, -0.05) is 18.2 Å². The summed E-state index contributed by atoms with van der Waals surface area (Å²) in [6, 6.07) is 9.11. The number of hydrogen-bond acceptors (Lipinski definition) is 4. The predicted molar refractivity (Wildman–Crippen MR) is 80.7 cm³/mol. The van der Waals surface area contributed by atoms with Gasteiger partial charge in [-0.2, -0.15) is 5.10 Å². The lowest BCUT2D eigenvalue weighted by Crippen LogP contribution is -2.33. The Balaban J connectivity index is 2.39. The molecule has 0 spiro atoms. The van der Waals surface area contributed by atoms with E-state index in [0.717, 1.165) is 0 Å². The lowest BCUT2D eigenvalue weighted by atomic mass is 10.3. The van der Waals surface area contributed by atoms with Crippen molar-refractivity contribution in [3.05, 3.63) is 51.9 Å². The van der Waals surface area contributed by atoms with Crippen LogP contribution in [0.15, 0.2) is 40.2 Å². The highest BCUT2D eigenvalue weighted by atomic mass is 16.2. The highest BCUT2D eigenvalue weighted by Crippen LogP contribution is 2.08. The van der Waals surface area contributed by atoms with Crippen LogP contribution in [0.2, 0.25) is 0 Å². The Bertz CT molecular complexity index is 802. The summed E-state index contributed by atoms with van der Waals surface area (Å²) < 4.78 is 3.08. The molecular weight excluding hydrogens is 286 g/mol. The van der Waals surface area contributed by atoms with E-state index < -0.39 is 11.8 Å². The van der Waals surface area contributed by atoms with Crippen LogP contribution in [0, 0.1) is 6.92 Å². The number of benzene rings is 1. The fraction of sp³-hybridized carbons (Fsp3) is 0.143. The number of carbonyl (C=O) groups is 2. The highest BCUT2D eigenvalue weighted by Gasteiger charge is 2.14. The number of aromatic nitrogens is 2. The fourth-order valence-electron chi connectivity index (χ4n) is 2.00. The molecule has 0 atom stereocenters. The van der Waals surface area contributed by atoms with Crippen molar-refractivity contribution in [2.24, 2.45) is 17.9 Å². The molecule has 2 aromatic rings. The van der Waals surface area contributed by atoms with Crippen molar-refractivity contribution in [3.8, 4) is 5.69 Å². The Morgan fingerprint density at radius 1 is 1.27 bits per heavy atom. The van der Waals surface area contributed by atoms with Gasteiger partial charge in [0.25, 0.3) is 5.56 Å². The summed E-state index contributed by atoms with van der Waals surface area (Å²) in [6.07, 6.45) is 1.29. The van der Waals surface area contributed by atoms with Crippen LogP contribution in [-0.2, 0) is 16.6 Å². The van der Waals surface area contributed by atoms with Crippen LogP contribution >= 0.6 is 0 Å². The van der Waals surface area contributed by atoms with Gasteiger partial charge in [0, 0.05) is 12.6 Å². The third-order valence-electron chi connectivity index (χ3n) is 3.12. The van der Waals surface area contributed by atoms with Crippen molar-refractivity contribution in [1.29, 1.82) is 0 Å². The summed E-state index contributed by atoms with van der Waals surface area (Å²) in [5.41, 5.74) is 8.25. The van der Waals surface area contributed by atoms with E-state index in [4.69, 9.17) is 5.73 Å². The number of amides is 2. The van der Waals surface area contributed by atoms with Crippen LogP contribution < -0.4 is 16.7 Å². The summed E-state index contributed by atoms with van der Waals surface area (Å²) in [4.78, 5) is 34.0. The lowest BCUT2D eigenvalue weighted by Gasteiger charge is -2.07. The number of primary amides is 1. The molecule has 0 fully saturated rings. The van der Waals surface area contributed by atoms with Crippen LogP contribution in [0.5, 0.6) is 0 Å². The van der Waals surface area contributed by atoms with Crippen LogP contribution in [0.1, 0.15) is 11.3 Å². The molecule has 2 amide bonds. The molecule has 0 bridgehead atoms. The SMILES string of the molecule is Cc1c(/C=N\NC(=O)C(N)=O)n(C)n(-c2ccccc2)c1=O. The summed E-state index contributed by atoms with van der Waals surface area (Å²) in [7, 11) is 1.69. The van der Waals surface area contributed by atoms with Gasteiger partial charge < -0.3 is 5.73 Å². The van der Waals surface area contributed by atoms with Crippen LogP contribution in [0.3, 0.4) is 0 Å². The lowest BCUT2D eigenvalue weighted by molar-refractivity contribution is -0.137. The maximum atomic E-state index is 12.3. The number of nitrogens with one attached hydrogen (secondary N) is 1. The van der Waals surface area contributed by atoms with E-state index in [1.54, 1.807) is 30.8 Å². The van der Waals surface area contributed by atoms with E-state index in [1.165, 1.54) is 10.9 Å². The molecule has 3 N–H and O–H groups in total. The minimum absolute atomic E-state index is 0.198. The largest absolute Gasteiger partial charge is 0.361 e. The van der Waals surface area contributed by atoms with Crippen LogP contribution in [-0.4, -0.2) is 27.4 Å². The molecule has 1 aromatic carbocycles. The molecule has 0 unspecified atom stereocenters. The zero-order valence-corrected chi connectivity index (χ0v) is 12.1. The number of para-hydroxylation sites is 1. The van der Waals surface area contributed by atoms with Crippen molar-refractivity contribution >= 4 is 18.0 Å². The standard InChI is InChI=1S/C14H15N5O3/c1-9-11(8-16-17-13(21)12(15)20)18(2)19(14(9)22)10-6-4-3-5-7-10/h3-8H,1-2H3,(H2,15,20)(H,17,21)/b16-8-. The molecule has 0 aliphatic heterocycles. The van der Waals surface area contributed by atoms with Gasteiger partial charge in [0.15, 0.2) is 0 Å². The topological polar surface area (TPSA) is 111 Å². The predicted octanol–water partition coefficient (Wildman–Crippen LogP) is -0.580. The minimum atomic E-state index is -1.13. The molecule has 0 saturated carbocycles. The molecular formula is C14H15N5O3. The van der Waals surface area contributed by atoms with Gasteiger partial charge >= 0.3 is 11.8 Å². The number of hydrazone groups is 1. The second kappa shape index (κ2) is 6.08. The first-order valence-corrected chi connectivity index (χ1v) is 6.40. The first kappa shape index (κ1) is 15.2. The summed E-state index contributed by atoms with van der Waals surface area (Å²) in [6.45, 7) is 1.65. The minimum Gasteiger partial charge on any atom is -0.361 e. The van der Waals surface area contributed by atoms with Crippen molar-refractivity contribution in [2.45, 2.75) is 6.92 Å². The zero-order chi connectivity index (χ0) is 16.3. The average Bonchev–Trinajstić information content (AvgIpc) is 2.71. The Labute approximate surface area is 125 Å². The number of rotatable bonds is 3. The van der Waals surface area contributed by atoms with Gasteiger partial charge in [-0.15, -0.1) is 0 Å². The third-order valence-corrected chi connectivity index (χ3v) is 3.12. The van der Waals surface area contributed by atoms with Gasteiger partial charge in [-0.05, 0) is 19.1 Å². The molecule has 1 heterocycles. The number of hydrogen-bond donors (Lipinski definition) is 2. The summed E-state index contributed by atoms with van der Waals surface area (Å²) in [5.74, 6) is -2.16. The van der Waals surface area contributed by atoms with E-state index in [9.17, 15) is 14.4 Å². The van der Waals surface area contributed by atoms with Crippen molar-refractivity contribution in [2.75, 3.05) is 0 Å². The number of nitrogens with zero attached hydrogens (tertiary/aromatic N) is 3. The maximum Gasteiger partial charge on any atom is 0.329 e. The molecule has 0 aliphatic carbocycles. The smallest absolute Gasteiger partial charge is 0.329 e. The van der Waals surface area contributed by atoms with Crippen molar-refractivity contribution in [1.82, 2.24) is 14.8 Å².